The van der Waals surface area contributed by atoms with Gasteiger partial charge in [0.15, 0.2) is 5.82 Å². The molecule has 12 heavy (non-hydrogen) atoms. The highest BCUT2D eigenvalue weighted by Gasteiger charge is 2.18. The number of carbonyl (C=O) groups is 1. The molecule has 0 aliphatic heterocycles. The number of nitrogens with zero attached hydrogens (tertiary/aromatic N) is 2. The lowest BCUT2D eigenvalue weighted by Gasteiger charge is -2.11. The van der Waals surface area contributed by atoms with Crippen molar-refractivity contribution in [1.29, 1.82) is 0 Å². The van der Waals surface area contributed by atoms with Gasteiger partial charge in [-0.3, -0.25) is 5.10 Å². The molecule has 0 radical (unpaired) electrons. The Labute approximate surface area is 71.4 Å². The number of carbonyl (C=O) groups excluding carboxylic acids is 1. The van der Waals surface area contributed by atoms with Crippen LogP contribution in [0, 0.1) is 0 Å². The number of H-pyrrole nitrogens is 1. The average molecular weight is 167 g/mol. The van der Waals surface area contributed by atoms with Gasteiger partial charge < -0.3 is 4.79 Å². The van der Waals surface area contributed by atoms with Gasteiger partial charge in [-0.05, 0) is 0 Å². The number of rotatable bonds is 2. The lowest BCUT2D eigenvalue weighted by molar-refractivity contribution is -0.107. The van der Waals surface area contributed by atoms with E-state index in [2.05, 4.69) is 15.2 Å². The summed E-state index contributed by atoms with van der Waals surface area (Å²) in [4.78, 5) is 14.3. The van der Waals surface area contributed by atoms with E-state index in [1.165, 1.54) is 0 Å². The van der Waals surface area contributed by atoms with E-state index in [-0.39, 0.29) is 5.41 Å². The van der Waals surface area contributed by atoms with Crippen molar-refractivity contribution in [2.75, 3.05) is 0 Å². The molecule has 0 atom stereocenters. The summed E-state index contributed by atoms with van der Waals surface area (Å²) in [6.07, 6.45) is 1.12. The fraction of sp³-hybridized carbons (Fsp3) is 0.625. The summed E-state index contributed by atoms with van der Waals surface area (Å²) in [5, 5.41) is 6.73. The molecule has 0 bridgehead atoms. The van der Waals surface area contributed by atoms with Gasteiger partial charge in [0.05, 0.1) is 6.42 Å². The van der Waals surface area contributed by atoms with E-state index in [1.54, 1.807) is 0 Å². The van der Waals surface area contributed by atoms with E-state index in [0.717, 1.165) is 12.1 Å². The van der Waals surface area contributed by atoms with E-state index >= 15 is 0 Å². The molecule has 0 aliphatic carbocycles. The molecule has 1 N–H and O–H groups in total. The lowest BCUT2D eigenvalue weighted by Crippen LogP contribution is -2.13. The predicted molar refractivity (Wildman–Crippen MR) is 44.9 cm³/mol. The molecule has 1 aromatic rings. The van der Waals surface area contributed by atoms with Crippen LogP contribution in [0.15, 0.2) is 0 Å². The van der Waals surface area contributed by atoms with Crippen molar-refractivity contribution in [1.82, 2.24) is 15.2 Å². The molecule has 0 amide bonds. The van der Waals surface area contributed by atoms with Crippen LogP contribution in [0.4, 0.5) is 0 Å². The molecule has 0 aliphatic rings. The summed E-state index contributed by atoms with van der Waals surface area (Å²) < 4.78 is 0. The molecule has 0 saturated heterocycles. The van der Waals surface area contributed by atoms with Gasteiger partial charge in [-0.2, -0.15) is 5.10 Å². The zero-order valence-corrected chi connectivity index (χ0v) is 7.59. The molecule has 0 aromatic carbocycles. The maximum absolute atomic E-state index is 10.1. The van der Waals surface area contributed by atoms with Crippen LogP contribution in [-0.4, -0.2) is 21.5 Å². The first-order valence-electron chi connectivity index (χ1n) is 3.89. The van der Waals surface area contributed by atoms with Gasteiger partial charge in [-0.1, -0.05) is 20.8 Å². The highest BCUT2D eigenvalue weighted by molar-refractivity contribution is 5.52. The number of hydrogen-bond acceptors (Lipinski definition) is 3. The summed E-state index contributed by atoms with van der Waals surface area (Å²) in [5.41, 5.74) is -0.0579. The third kappa shape index (κ3) is 1.90. The van der Waals surface area contributed by atoms with Crippen LogP contribution >= 0.6 is 0 Å². The van der Waals surface area contributed by atoms with Crippen molar-refractivity contribution in [3.63, 3.8) is 0 Å². The summed E-state index contributed by atoms with van der Waals surface area (Å²) in [6.45, 7) is 6.09. The number of aromatic amines is 1. The predicted octanol–water partition coefficient (Wildman–Crippen LogP) is 0.844. The quantitative estimate of drug-likeness (QED) is 0.664. The fourth-order valence-corrected chi connectivity index (χ4v) is 0.801. The molecule has 4 heteroatoms. The van der Waals surface area contributed by atoms with E-state index in [9.17, 15) is 4.79 Å². The van der Waals surface area contributed by atoms with E-state index in [0.29, 0.717) is 12.2 Å². The number of nitrogens with one attached hydrogen (secondary N) is 1. The minimum absolute atomic E-state index is 0.0579. The number of aromatic nitrogens is 3. The van der Waals surface area contributed by atoms with Crippen LogP contribution in [0.5, 0.6) is 0 Å². The third-order valence-electron chi connectivity index (χ3n) is 1.48. The molecule has 0 saturated carbocycles. The van der Waals surface area contributed by atoms with E-state index < -0.39 is 0 Å². The zero-order valence-electron chi connectivity index (χ0n) is 7.59. The van der Waals surface area contributed by atoms with Crippen LogP contribution in [-0.2, 0) is 16.6 Å². The van der Waals surface area contributed by atoms with Gasteiger partial charge in [0.2, 0.25) is 0 Å². The Morgan fingerprint density at radius 3 is 2.58 bits per heavy atom. The maximum atomic E-state index is 10.1. The Hall–Kier alpha value is -1.19. The van der Waals surface area contributed by atoms with Crippen molar-refractivity contribution in [3.05, 3.63) is 11.6 Å². The summed E-state index contributed by atoms with van der Waals surface area (Å²) >= 11 is 0. The normalized spacial score (nSPS) is 11.6. The van der Waals surface area contributed by atoms with Gasteiger partial charge in [-0.15, -0.1) is 0 Å². The van der Waals surface area contributed by atoms with Crippen molar-refractivity contribution < 1.29 is 4.79 Å². The van der Waals surface area contributed by atoms with Crippen LogP contribution in [0.1, 0.15) is 32.4 Å². The highest BCUT2D eigenvalue weighted by Crippen LogP contribution is 2.16. The Bertz CT molecular complexity index is 272. The van der Waals surface area contributed by atoms with Crippen molar-refractivity contribution in [3.8, 4) is 0 Å². The Kier molecular flexibility index (Phi) is 2.26. The molecule has 66 valence electrons. The first-order valence-corrected chi connectivity index (χ1v) is 3.89. The van der Waals surface area contributed by atoms with Crippen LogP contribution in [0.25, 0.3) is 0 Å². The lowest BCUT2D eigenvalue weighted by atomic mass is 9.96. The average Bonchev–Trinajstić information content (AvgIpc) is 2.35. The molecular weight excluding hydrogens is 154 g/mol. The van der Waals surface area contributed by atoms with Gasteiger partial charge in [0.1, 0.15) is 12.1 Å². The second-order valence-corrected chi connectivity index (χ2v) is 3.73. The molecule has 1 heterocycles. The fourth-order valence-electron chi connectivity index (χ4n) is 0.801. The van der Waals surface area contributed by atoms with Gasteiger partial charge in [0.25, 0.3) is 0 Å². The standard InChI is InChI=1S/C8H13N3O/c1-8(2,3)7-9-6(4-5-12)10-11-7/h5H,4H2,1-3H3,(H,9,10,11). The first kappa shape index (κ1) is 8.90. The molecule has 1 aromatic heterocycles. The summed E-state index contributed by atoms with van der Waals surface area (Å²) in [5.74, 6) is 1.38. The van der Waals surface area contributed by atoms with Crippen LogP contribution in [0.2, 0.25) is 0 Å². The highest BCUT2D eigenvalue weighted by atomic mass is 16.1. The van der Waals surface area contributed by atoms with Gasteiger partial charge in [0, 0.05) is 5.41 Å². The van der Waals surface area contributed by atoms with Gasteiger partial charge in [-0.25, -0.2) is 4.98 Å². The van der Waals surface area contributed by atoms with Crippen molar-refractivity contribution in [2.24, 2.45) is 0 Å². The van der Waals surface area contributed by atoms with E-state index in [1.807, 2.05) is 20.8 Å². The largest absolute Gasteiger partial charge is 0.303 e. The molecule has 1 rings (SSSR count). The minimum Gasteiger partial charge on any atom is -0.303 e. The van der Waals surface area contributed by atoms with Crippen molar-refractivity contribution >= 4 is 6.29 Å². The SMILES string of the molecule is CC(C)(C)c1n[nH]c(CC=O)n1. The monoisotopic (exact) mass is 167 g/mol. The molecule has 0 unspecified atom stereocenters. The Balaban J connectivity index is 2.84. The summed E-state index contributed by atoms with van der Waals surface area (Å²) in [6, 6.07) is 0. The van der Waals surface area contributed by atoms with E-state index in [4.69, 9.17) is 0 Å². The van der Waals surface area contributed by atoms with Crippen molar-refractivity contribution in [2.45, 2.75) is 32.6 Å². The third-order valence-corrected chi connectivity index (χ3v) is 1.48. The second kappa shape index (κ2) is 3.05. The van der Waals surface area contributed by atoms with Gasteiger partial charge >= 0.3 is 0 Å². The summed E-state index contributed by atoms with van der Waals surface area (Å²) in [7, 11) is 0. The number of hydrogen-bond donors (Lipinski definition) is 1. The van der Waals surface area contributed by atoms with Crippen LogP contribution in [0.3, 0.4) is 0 Å². The molecule has 0 spiro atoms. The molecule has 0 fully saturated rings. The van der Waals surface area contributed by atoms with Crippen LogP contribution < -0.4 is 0 Å². The maximum Gasteiger partial charge on any atom is 0.156 e. The Morgan fingerprint density at radius 2 is 2.17 bits per heavy atom. The number of aldehydes is 1. The first-order chi connectivity index (χ1) is 5.54. The topological polar surface area (TPSA) is 58.6 Å². The molecule has 4 nitrogen and oxygen atoms in total. The second-order valence-electron chi connectivity index (χ2n) is 3.73. The molecular formula is C8H13N3O. The zero-order chi connectivity index (χ0) is 9.19. The Morgan fingerprint density at radius 1 is 1.50 bits per heavy atom. The smallest absolute Gasteiger partial charge is 0.156 e. The minimum atomic E-state index is -0.0579.